The van der Waals surface area contributed by atoms with Crippen LogP contribution in [0.5, 0.6) is 0 Å². The van der Waals surface area contributed by atoms with Crippen LogP contribution in [0.1, 0.15) is 29.2 Å². The predicted molar refractivity (Wildman–Crippen MR) is 92.2 cm³/mol. The Morgan fingerprint density at radius 3 is 2.86 bits per heavy atom. The maximum Gasteiger partial charge on any atom is 0.157 e. The molecule has 1 N–H and O–H groups in total. The van der Waals surface area contributed by atoms with Gasteiger partial charge in [0.1, 0.15) is 5.01 Å². The molecule has 2 heterocycles. The summed E-state index contributed by atoms with van der Waals surface area (Å²) in [5.74, 6) is 1.06. The van der Waals surface area contributed by atoms with Gasteiger partial charge in [0, 0.05) is 16.8 Å². The van der Waals surface area contributed by atoms with E-state index in [4.69, 9.17) is 4.99 Å². The molecule has 1 aromatic carbocycles. The molecule has 2 atom stereocenters. The zero-order valence-electron chi connectivity index (χ0n) is 12.2. The summed E-state index contributed by atoms with van der Waals surface area (Å²) in [6, 6.07) is 11.2. The van der Waals surface area contributed by atoms with Crippen molar-refractivity contribution in [1.82, 2.24) is 10.3 Å². The van der Waals surface area contributed by atoms with Gasteiger partial charge in [-0.3, -0.25) is 4.99 Å². The minimum atomic E-state index is 0.227. The van der Waals surface area contributed by atoms with Gasteiger partial charge in [0.15, 0.2) is 5.17 Å². The maximum atomic E-state index is 4.80. The van der Waals surface area contributed by atoms with Crippen molar-refractivity contribution >= 4 is 28.3 Å². The first-order chi connectivity index (χ1) is 10.2. The number of hydrogen-bond donors (Lipinski definition) is 1. The number of nitrogens with one attached hydrogen (secondary N) is 1. The quantitative estimate of drug-likeness (QED) is 0.931. The Labute approximate surface area is 133 Å². The van der Waals surface area contributed by atoms with E-state index in [1.54, 1.807) is 11.3 Å². The van der Waals surface area contributed by atoms with Crippen LogP contribution in [0, 0.1) is 6.92 Å². The van der Waals surface area contributed by atoms with Crippen molar-refractivity contribution in [2.24, 2.45) is 4.99 Å². The Balaban J connectivity index is 1.58. The van der Waals surface area contributed by atoms with Gasteiger partial charge in [-0.25, -0.2) is 4.98 Å². The normalized spacial score (nSPS) is 19.3. The van der Waals surface area contributed by atoms with Crippen molar-refractivity contribution in [3.8, 4) is 0 Å². The molecule has 2 unspecified atom stereocenters. The minimum absolute atomic E-state index is 0.227. The van der Waals surface area contributed by atoms with Crippen molar-refractivity contribution in [3.05, 3.63) is 52.0 Å². The molecular weight excluding hydrogens is 298 g/mol. The number of hydrogen-bond acceptors (Lipinski definition) is 5. The van der Waals surface area contributed by atoms with Gasteiger partial charge in [-0.2, -0.15) is 0 Å². The standard InChI is InChI=1S/C16H19N3S2/c1-11-9-20-15(17-11)12(2)18-16-19-14(10-21-16)8-13-6-4-3-5-7-13/h3-7,9,12,14H,8,10H2,1-2H3,(H,18,19). The number of thiazole rings is 1. The van der Waals surface area contributed by atoms with Gasteiger partial charge in [-0.1, -0.05) is 42.1 Å². The van der Waals surface area contributed by atoms with Gasteiger partial charge in [0.2, 0.25) is 0 Å². The third-order valence-electron chi connectivity index (χ3n) is 3.37. The highest BCUT2D eigenvalue weighted by molar-refractivity contribution is 8.14. The second-order valence-electron chi connectivity index (χ2n) is 5.28. The van der Waals surface area contributed by atoms with E-state index in [0.29, 0.717) is 6.04 Å². The fraction of sp³-hybridized carbons (Fsp3) is 0.375. The molecular formula is C16H19N3S2. The summed E-state index contributed by atoms with van der Waals surface area (Å²) in [6.07, 6.45) is 1.02. The van der Waals surface area contributed by atoms with Crippen LogP contribution in [-0.4, -0.2) is 21.9 Å². The summed E-state index contributed by atoms with van der Waals surface area (Å²) in [4.78, 5) is 9.33. The van der Waals surface area contributed by atoms with Crippen molar-refractivity contribution < 1.29 is 0 Å². The molecule has 0 aliphatic carbocycles. The Kier molecular flexibility index (Phi) is 4.60. The Morgan fingerprint density at radius 1 is 1.33 bits per heavy atom. The van der Waals surface area contributed by atoms with Crippen molar-refractivity contribution in [1.29, 1.82) is 0 Å². The molecule has 0 radical (unpaired) electrons. The van der Waals surface area contributed by atoms with E-state index in [-0.39, 0.29) is 6.04 Å². The molecule has 0 fully saturated rings. The number of thioether (sulfide) groups is 1. The first kappa shape index (κ1) is 14.6. The molecule has 1 aromatic heterocycles. The first-order valence-electron chi connectivity index (χ1n) is 7.14. The zero-order chi connectivity index (χ0) is 14.7. The summed E-state index contributed by atoms with van der Waals surface area (Å²) < 4.78 is 0. The van der Waals surface area contributed by atoms with E-state index < -0.39 is 0 Å². The Morgan fingerprint density at radius 2 is 2.14 bits per heavy atom. The number of aryl methyl sites for hydroxylation is 1. The van der Waals surface area contributed by atoms with Crippen LogP contribution in [0.3, 0.4) is 0 Å². The number of benzene rings is 1. The molecule has 0 saturated carbocycles. The largest absolute Gasteiger partial charge is 0.356 e. The molecule has 0 bridgehead atoms. The SMILES string of the molecule is Cc1csc(C(C)NC2=NC(Cc3ccccc3)CS2)n1. The molecule has 5 heteroatoms. The topological polar surface area (TPSA) is 37.3 Å². The maximum absolute atomic E-state index is 4.80. The van der Waals surface area contributed by atoms with Gasteiger partial charge in [-0.05, 0) is 25.8 Å². The van der Waals surface area contributed by atoms with Crippen LogP contribution in [-0.2, 0) is 6.42 Å². The number of nitrogens with zero attached hydrogens (tertiary/aromatic N) is 2. The smallest absolute Gasteiger partial charge is 0.157 e. The minimum Gasteiger partial charge on any atom is -0.356 e. The van der Waals surface area contributed by atoms with Gasteiger partial charge in [-0.15, -0.1) is 11.3 Å². The third-order valence-corrected chi connectivity index (χ3v) is 5.57. The lowest BCUT2D eigenvalue weighted by molar-refractivity contribution is 0.702. The lowest BCUT2D eigenvalue weighted by atomic mass is 10.1. The fourth-order valence-corrected chi connectivity index (χ4v) is 4.13. The van der Waals surface area contributed by atoms with Gasteiger partial charge >= 0.3 is 0 Å². The lowest BCUT2D eigenvalue weighted by Crippen LogP contribution is -2.23. The first-order valence-corrected chi connectivity index (χ1v) is 9.00. The van der Waals surface area contributed by atoms with Crippen LogP contribution in [0.4, 0.5) is 0 Å². The van der Waals surface area contributed by atoms with E-state index in [1.165, 1.54) is 5.56 Å². The summed E-state index contributed by atoms with van der Waals surface area (Å²) in [5, 5.41) is 7.76. The van der Waals surface area contributed by atoms with Crippen LogP contribution in [0.15, 0.2) is 40.7 Å². The summed E-state index contributed by atoms with van der Waals surface area (Å²) in [5.41, 5.74) is 2.45. The highest BCUT2D eigenvalue weighted by atomic mass is 32.2. The van der Waals surface area contributed by atoms with Crippen molar-refractivity contribution in [2.45, 2.75) is 32.4 Å². The molecule has 2 aromatic rings. The van der Waals surface area contributed by atoms with E-state index in [2.05, 4.69) is 52.9 Å². The number of aliphatic imine (C=N–C) groups is 1. The van der Waals surface area contributed by atoms with Crippen molar-refractivity contribution in [2.75, 3.05) is 5.75 Å². The van der Waals surface area contributed by atoms with Crippen molar-refractivity contribution in [3.63, 3.8) is 0 Å². The average Bonchev–Trinajstić information content (AvgIpc) is 3.09. The van der Waals surface area contributed by atoms with E-state index in [9.17, 15) is 0 Å². The van der Waals surface area contributed by atoms with Crippen LogP contribution >= 0.6 is 23.1 Å². The number of rotatable bonds is 4. The highest BCUT2D eigenvalue weighted by Crippen LogP contribution is 2.23. The molecule has 0 saturated heterocycles. The Bertz CT molecular complexity index is 621. The summed E-state index contributed by atoms with van der Waals surface area (Å²) in [7, 11) is 0. The number of aromatic nitrogens is 1. The summed E-state index contributed by atoms with van der Waals surface area (Å²) >= 11 is 3.52. The Hall–Kier alpha value is -1.33. The number of amidine groups is 1. The molecule has 3 nitrogen and oxygen atoms in total. The van der Waals surface area contributed by atoms with E-state index in [0.717, 1.165) is 28.0 Å². The summed E-state index contributed by atoms with van der Waals surface area (Å²) in [6.45, 7) is 4.18. The van der Waals surface area contributed by atoms with Crippen LogP contribution < -0.4 is 5.32 Å². The fourth-order valence-electron chi connectivity index (χ4n) is 2.30. The van der Waals surface area contributed by atoms with Crippen LogP contribution in [0.25, 0.3) is 0 Å². The molecule has 3 rings (SSSR count). The molecule has 0 spiro atoms. The van der Waals surface area contributed by atoms with Gasteiger partial charge in [0.25, 0.3) is 0 Å². The second-order valence-corrected chi connectivity index (χ2v) is 7.18. The predicted octanol–water partition coefficient (Wildman–Crippen LogP) is 3.82. The molecule has 0 amide bonds. The molecule has 1 aliphatic rings. The second kappa shape index (κ2) is 6.62. The average molecular weight is 317 g/mol. The van der Waals surface area contributed by atoms with Gasteiger partial charge in [0.05, 0.1) is 12.1 Å². The zero-order valence-corrected chi connectivity index (χ0v) is 13.9. The monoisotopic (exact) mass is 317 g/mol. The third kappa shape index (κ3) is 3.86. The van der Waals surface area contributed by atoms with E-state index >= 15 is 0 Å². The molecule has 110 valence electrons. The van der Waals surface area contributed by atoms with Crippen LogP contribution in [0.2, 0.25) is 0 Å². The van der Waals surface area contributed by atoms with Gasteiger partial charge < -0.3 is 5.32 Å². The highest BCUT2D eigenvalue weighted by Gasteiger charge is 2.20. The molecule has 1 aliphatic heterocycles. The molecule has 21 heavy (non-hydrogen) atoms. The van der Waals surface area contributed by atoms with E-state index in [1.807, 2.05) is 18.7 Å². The lowest BCUT2D eigenvalue weighted by Gasteiger charge is -2.11.